The molecular weight excluding hydrogens is 268 g/mol. The van der Waals surface area contributed by atoms with Crippen LogP contribution in [0.3, 0.4) is 0 Å². The number of aryl methyl sites for hydroxylation is 3. The molecule has 0 aromatic carbocycles. The number of pyridine rings is 1. The van der Waals surface area contributed by atoms with Gasteiger partial charge in [-0.1, -0.05) is 0 Å². The molecule has 3 rings (SSSR count). The van der Waals surface area contributed by atoms with Gasteiger partial charge in [0.15, 0.2) is 5.65 Å². The molecule has 2 aromatic heterocycles. The quantitative estimate of drug-likeness (QED) is 0.925. The third kappa shape index (κ3) is 2.63. The van der Waals surface area contributed by atoms with Gasteiger partial charge < -0.3 is 10.1 Å². The van der Waals surface area contributed by atoms with Crippen molar-refractivity contribution in [3.05, 3.63) is 23.0 Å². The summed E-state index contributed by atoms with van der Waals surface area (Å²) in [6, 6.07) is 1.83. The third-order valence-corrected chi connectivity index (χ3v) is 3.92. The van der Waals surface area contributed by atoms with Crippen molar-refractivity contribution in [2.45, 2.75) is 20.3 Å². The van der Waals surface area contributed by atoms with Crippen LogP contribution in [0.4, 0.5) is 0 Å². The first kappa shape index (κ1) is 14.0. The summed E-state index contributed by atoms with van der Waals surface area (Å²) in [5.41, 5.74) is 3.05. The lowest BCUT2D eigenvalue weighted by atomic mass is 10.1. The summed E-state index contributed by atoms with van der Waals surface area (Å²) in [6.07, 6.45) is 1.01. The SMILES string of the molecule is Cc1cc(C(=O)NC[C@@H]2CCOC2)c2c(C)nn(C)c2n1. The second-order valence-electron chi connectivity index (χ2n) is 5.66. The van der Waals surface area contributed by atoms with Gasteiger partial charge in [-0.15, -0.1) is 0 Å². The Balaban J connectivity index is 1.89. The highest BCUT2D eigenvalue weighted by atomic mass is 16.5. The zero-order chi connectivity index (χ0) is 15.0. The van der Waals surface area contributed by atoms with Crippen LogP contribution in [0, 0.1) is 19.8 Å². The van der Waals surface area contributed by atoms with Crippen LogP contribution in [0.2, 0.25) is 0 Å². The molecule has 112 valence electrons. The first-order valence-electron chi connectivity index (χ1n) is 7.23. The van der Waals surface area contributed by atoms with Crippen molar-refractivity contribution in [1.29, 1.82) is 0 Å². The normalized spacial score (nSPS) is 18.3. The molecule has 0 aliphatic carbocycles. The maximum absolute atomic E-state index is 12.5. The lowest BCUT2D eigenvalue weighted by Gasteiger charge is -2.11. The number of hydrogen-bond acceptors (Lipinski definition) is 4. The van der Waals surface area contributed by atoms with Gasteiger partial charge in [0.1, 0.15) is 0 Å². The minimum atomic E-state index is -0.0616. The van der Waals surface area contributed by atoms with Gasteiger partial charge in [-0.2, -0.15) is 5.10 Å². The summed E-state index contributed by atoms with van der Waals surface area (Å²) < 4.78 is 7.05. The molecule has 1 aliphatic heterocycles. The number of fused-ring (bicyclic) bond motifs is 1. The zero-order valence-electron chi connectivity index (χ0n) is 12.6. The summed E-state index contributed by atoms with van der Waals surface area (Å²) in [6.45, 7) is 5.98. The highest BCUT2D eigenvalue weighted by Gasteiger charge is 2.20. The van der Waals surface area contributed by atoms with E-state index in [4.69, 9.17) is 4.74 Å². The van der Waals surface area contributed by atoms with E-state index < -0.39 is 0 Å². The topological polar surface area (TPSA) is 69.0 Å². The van der Waals surface area contributed by atoms with Crippen LogP contribution in [0.15, 0.2) is 6.07 Å². The van der Waals surface area contributed by atoms with Crippen molar-refractivity contribution in [3.63, 3.8) is 0 Å². The van der Waals surface area contributed by atoms with E-state index >= 15 is 0 Å². The lowest BCUT2D eigenvalue weighted by molar-refractivity contribution is 0.0946. The average Bonchev–Trinajstić information content (AvgIpc) is 3.05. The summed E-state index contributed by atoms with van der Waals surface area (Å²) in [5.74, 6) is 0.357. The van der Waals surface area contributed by atoms with Gasteiger partial charge >= 0.3 is 0 Å². The van der Waals surface area contributed by atoms with E-state index in [1.165, 1.54) is 0 Å². The van der Waals surface area contributed by atoms with Crippen LogP contribution in [-0.2, 0) is 11.8 Å². The lowest BCUT2D eigenvalue weighted by Crippen LogP contribution is -2.29. The molecule has 6 heteroatoms. The van der Waals surface area contributed by atoms with E-state index in [0.717, 1.165) is 42.1 Å². The molecular formula is C15H20N4O2. The van der Waals surface area contributed by atoms with Crippen LogP contribution in [0.25, 0.3) is 11.0 Å². The van der Waals surface area contributed by atoms with E-state index in [2.05, 4.69) is 15.4 Å². The highest BCUT2D eigenvalue weighted by Crippen LogP contribution is 2.21. The van der Waals surface area contributed by atoms with Crippen molar-refractivity contribution in [1.82, 2.24) is 20.1 Å². The predicted octanol–water partition coefficient (Wildman–Crippen LogP) is 1.35. The van der Waals surface area contributed by atoms with E-state index in [1.807, 2.05) is 27.0 Å². The number of carbonyl (C=O) groups is 1. The number of nitrogens with zero attached hydrogens (tertiary/aromatic N) is 3. The second-order valence-corrected chi connectivity index (χ2v) is 5.66. The van der Waals surface area contributed by atoms with Gasteiger partial charge in [0, 0.05) is 31.8 Å². The van der Waals surface area contributed by atoms with Gasteiger partial charge in [-0.05, 0) is 26.3 Å². The fourth-order valence-corrected chi connectivity index (χ4v) is 2.83. The number of carbonyl (C=O) groups excluding carboxylic acids is 1. The van der Waals surface area contributed by atoms with Gasteiger partial charge in [-0.3, -0.25) is 9.48 Å². The maximum atomic E-state index is 12.5. The van der Waals surface area contributed by atoms with Crippen molar-refractivity contribution < 1.29 is 9.53 Å². The summed E-state index contributed by atoms with van der Waals surface area (Å²) in [4.78, 5) is 17.0. The Morgan fingerprint density at radius 2 is 2.33 bits per heavy atom. The van der Waals surface area contributed by atoms with Crippen LogP contribution in [0.5, 0.6) is 0 Å². The standard InChI is InChI=1S/C15H20N4O2/c1-9-6-12(13-10(2)18-19(3)14(13)17-9)15(20)16-7-11-4-5-21-8-11/h6,11H,4-5,7-8H2,1-3H3,(H,16,20)/t11-/m0/s1. The Hall–Kier alpha value is -1.95. The van der Waals surface area contributed by atoms with Crippen LogP contribution < -0.4 is 5.32 Å². The molecule has 21 heavy (non-hydrogen) atoms. The van der Waals surface area contributed by atoms with E-state index in [9.17, 15) is 4.79 Å². The van der Waals surface area contributed by atoms with Gasteiger partial charge in [-0.25, -0.2) is 4.98 Å². The summed E-state index contributed by atoms with van der Waals surface area (Å²) >= 11 is 0. The number of amides is 1. The van der Waals surface area contributed by atoms with E-state index in [0.29, 0.717) is 18.0 Å². The molecule has 1 saturated heterocycles. The first-order valence-corrected chi connectivity index (χ1v) is 7.23. The Kier molecular flexibility index (Phi) is 3.63. The monoisotopic (exact) mass is 288 g/mol. The van der Waals surface area contributed by atoms with Crippen LogP contribution in [-0.4, -0.2) is 40.4 Å². The molecule has 0 bridgehead atoms. The van der Waals surface area contributed by atoms with Crippen LogP contribution in [0.1, 0.15) is 28.2 Å². The van der Waals surface area contributed by atoms with Crippen molar-refractivity contribution >= 4 is 16.9 Å². The molecule has 3 heterocycles. The fraction of sp³-hybridized carbons (Fsp3) is 0.533. The molecule has 2 aromatic rings. The molecule has 1 aliphatic rings. The number of rotatable bonds is 3. The predicted molar refractivity (Wildman–Crippen MR) is 79.2 cm³/mol. The number of ether oxygens (including phenoxy) is 1. The maximum Gasteiger partial charge on any atom is 0.252 e. The first-order chi connectivity index (χ1) is 10.1. The van der Waals surface area contributed by atoms with Crippen molar-refractivity contribution in [2.75, 3.05) is 19.8 Å². The van der Waals surface area contributed by atoms with Gasteiger partial charge in [0.25, 0.3) is 5.91 Å². The molecule has 0 spiro atoms. The molecule has 1 fully saturated rings. The Labute approximate surface area is 123 Å². The molecule has 6 nitrogen and oxygen atoms in total. The second kappa shape index (κ2) is 5.44. The molecule has 1 atom stereocenters. The summed E-state index contributed by atoms with van der Waals surface area (Å²) in [5, 5.41) is 8.22. The smallest absolute Gasteiger partial charge is 0.252 e. The van der Waals surface area contributed by atoms with E-state index in [1.54, 1.807) is 4.68 Å². The molecule has 0 unspecified atom stereocenters. The largest absolute Gasteiger partial charge is 0.381 e. The van der Waals surface area contributed by atoms with Crippen LogP contribution >= 0.6 is 0 Å². The summed E-state index contributed by atoms with van der Waals surface area (Å²) in [7, 11) is 1.85. The molecule has 0 saturated carbocycles. The number of aromatic nitrogens is 3. The van der Waals surface area contributed by atoms with Gasteiger partial charge in [0.05, 0.1) is 23.3 Å². The Morgan fingerprint density at radius 1 is 1.52 bits per heavy atom. The van der Waals surface area contributed by atoms with Crippen molar-refractivity contribution in [3.8, 4) is 0 Å². The van der Waals surface area contributed by atoms with E-state index in [-0.39, 0.29) is 5.91 Å². The minimum Gasteiger partial charge on any atom is -0.381 e. The highest BCUT2D eigenvalue weighted by molar-refractivity contribution is 6.06. The van der Waals surface area contributed by atoms with Gasteiger partial charge in [0.2, 0.25) is 0 Å². The Bertz CT molecular complexity index is 687. The zero-order valence-corrected chi connectivity index (χ0v) is 12.6. The molecule has 1 N–H and O–H groups in total. The third-order valence-electron chi connectivity index (χ3n) is 3.92. The Morgan fingerprint density at radius 3 is 3.05 bits per heavy atom. The van der Waals surface area contributed by atoms with Crippen molar-refractivity contribution in [2.24, 2.45) is 13.0 Å². The number of hydrogen-bond donors (Lipinski definition) is 1. The molecule has 0 radical (unpaired) electrons. The number of nitrogens with one attached hydrogen (secondary N) is 1. The molecule has 1 amide bonds. The minimum absolute atomic E-state index is 0.0616. The average molecular weight is 288 g/mol. The fourth-order valence-electron chi connectivity index (χ4n) is 2.83.